The summed E-state index contributed by atoms with van der Waals surface area (Å²) < 4.78 is 15.4. The highest BCUT2D eigenvalue weighted by Gasteiger charge is 2.24. The third-order valence-corrected chi connectivity index (χ3v) is 8.72. The van der Waals surface area contributed by atoms with Crippen LogP contribution in [0, 0.1) is 6.92 Å². The average Bonchev–Trinajstić information content (AvgIpc) is 3.19. The van der Waals surface area contributed by atoms with Gasteiger partial charge >= 0.3 is 0 Å². The van der Waals surface area contributed by atoms with Crippen molar-refractivity contribution in [2.45, 2.75) is 46.3 Å². The number of benzene rings is 3. The fraction of sp³-hybridized carbons (Fsp3) is 0.219. The van der Waals surface area contributed by atoms with Crippen molar-refractivity contribution in [2.24, 2.45) is 0 Å². The monoisotopic (exact) mass is 476 g/mol. The van der Waals surface area contributed by atoms with E-state index < -0.39 is 14.0 Å². The highest BCUT2D eigenvalue weighted by Crippen LogP contribution is 2.41. The van der Waals surface area contributed by atoms with Gasteiger partial charge in [-0.05, 0) is 47.3 Å². The molecule has 35 heavy (non-hydrogen) atoms. The molecule has 5 rings (SSSR count). The third-order valence-electron chi connectivity index (χ3n) is 6.70. The van der Waals surface area contributed by atoms with E-state index in [-0.39, 0.29) is 0 Å². The first-order chi connectivity index (χ1) is 17.0. The van der Waals surface area contributed by atoms with Crippen LogP contribution in [0.25, 0.3) is 44.7 Å². The molecule has 2 aromatic heterocycles. The van der Waals surface area contributed by atoms with Crippen molar-refractivity contribution < 1.29 is 5.79 Å². The number of aryl methyl sites for hydroxylation is 1. The Morgan fingerprint density at radius 1 is 0.829 bits per heavy atom. The van der Waals surface area contributed by atoms with Crippen LogP contribution in [-0.2, 0) is 0 Å². The van der Waals surface area contributed by atoms with Crippen molar-refractivity contribution in [1.82, 2.24) is 4.98 Å². The number of nitrogens with zero attached hydrogens (tertiary/aromatic N) is 1. The molecule has 0 aliphatic rings. The molecular weight excluding hydrogens is 442 g/mol. The van der Waals surface area contributed by atoms with Gasteiger partial charge in [0.2, 0.25) is 0 Å². The Labute approximate surface area is 211 Å². The summed E-state index contributed by atoms with van der Waals surface area (Å²) in [5, 5.41) is 2.34. The average molecular weight is 477 g/mol. The standard InChI is InChI=1S/C32H33NOSi/c1-21(2)26-19-29(33-20-30(26)35(4,5)6)25-17-27-22(3)31(24-15-11-8-12-16-24)34-32(27)28(18-25)23-13-9-7-10-14-23/h7-21H,1-6H3/i21D. The lowest BCUT2D eigenvalue weighted by Gasteiger charge is -2.23. The number of pyridine rings is 1. The number of hydrogen-bond acceptors (Lipinski definition) is 2. The minimum Gasteiger partial charge on any atom is -0.455 e. The van der Waals surface area contributed by atoms with Gasteiger partial charge in [-0.25, -0.2) is 0 Å². The van der Waals surface area contributed by atoms with Gasteiger partial charge in [0.15, 0.2) is 0 Å². The third kappa shape index (κ3) is 4.37. The second kappa shape index (κ2) is 8.97. The Morgan fingerprint density at radius 3 is 2.06 bits per heavy atom. The van der Waals surface area contributed by atoms with Crippen LogP contribution in [0.4, 0.5) is 0 Å². The first-order valence-electron chi connectivity index (χ1n) is 12.7. The zero-order chi connectivity index (χ0) is 25.7. The zero-order valence-corrected chi connectivity index (χ0v) is 22.4. The van der Waals surface area contributed by atoms with Crippen LogP contribution in [0.3, 0.4) is 0 Å². The Balaban J connectivity index is 1.79. The minimum atomic E-state index is -1.66. The molecule has 3 aromatic carbocycles. The summed E-state index contributed by atoms with van der Waals surface area (Å²) in [7, 11) is -1.66. The largest absolute Gasteiger partial charge is 0.455 e. The first-order valence-corrected chi connectivity index (χ1v) is 15.7. The lowest BCUT2D eigenvalue weighted by atomic mass is 9.95. The highest BCUT2D eigenvalue weighted by molar-refractivity contribution is 6.89. The lowest BCUT2D eigenvalue weighted by Crippen LogP contribution is -2.40. The normalized spacial score (nSPS) is 12.7. The molecule has 5 aromatic rings. The second-order valence-electron chi connectivity index (χ2n) is 10.6. The predicted molar refractivity (Wildman–Crippen MR) is 152 cm³/mol. The van der Waals surface area contributed by atoms with Gasteiger partial charge in [0, 0.05) is 35.2 Å². The van der Waals surface area contributed by atoms with E-state index in [0.29, 0.717) is 0 Å². The molecule has 176 valence electrons. The fourth-order valence-corrected chi connectivity index (χ4v) is 6.37. The Kier molecular flexibility index (Phi) is 5.66. The number of furan rings is 1. The molecule has 0 saturated carbocycles. The molecule has 2 nitrogen and oxygen atoms in total. The maximum absolute atomic E-state index is 8.87. The number of aromatic nitrogens is 1. The van der Waals surface area contributed by atoms with Crippen molar-refractivity contribution in [3.63, 3.8) is 0 Å². The van der Waals surface area contributed by atoms with Crippen LogP contribution in [0.1, 0.15) is 32.2 Å². The van der Waals surface area contributed by atoms with Crippen LogP contribution < -0.4 is 5.19 Å². The Hall–Kier alpha value is -3.43. The topological polar surface area (TPSA) is 26.0 Å². The molecule has 0 saturated heterocycles. The van der Waals surface area contributed by atoms with Crippen molar-refractivity contribution in [3.8, 4) is 33.7 Å². The SMILES string of the molecule is [2H]C(C)(C)c1cc(-c2cc(-c3ccccc3)c3oc(-c4ccccc4)c(C)c3c2)ncc1[Si](C)(C)C. The molecule has 0 bridgehead atoms. The molecule has 2 heterocycles. The maximum Gasteiger partial charge on any atom is 0.142 e. The van der Waals surface area contributed by atoms with Crippen LogP contribution in [0.2, 0.25) is 19.6 Å². The molecule has 0 unspecified atom stereocenters. The molecule has 3 heteroatoms. The van der Waals surface area contributed by atoms with Gasteiger partial charge in [0.1, 0.15) is 11.3 Å². The smallest absolute Gasteiger partial charge is 0.142 e. The zero-order valence-electron chi connectivity index (χ0n) is 22.4. The summed E-state index contributed by atoms with van der Waals surface area (Å²) in [6.07, 6.45) is 2.02. The summed E-state index contributed by atoms with van der Waals surface area (Å²) in [5.74, 6) is 0.195. The fourth-order valence-electron chi connectivity index (χ4n) is 4.79. The molecule has 0 fully saturated rings. The van der Waals surface area contributed by atoms with E-state index in [9.17, 15) is 0 Å². The van der Waals surface area contributed by atoms with E-state index in [1.807, 2.05) is 44.3 Å². The predicted octanol–water partition coefficient (Wildman–Crippen LogP) is 8.81. The molecule has 0 amide bonds. The molecule has 0 atom stereocenters. The van der Waals surface area contributed by atoms with Gasteiger partial charge < -0.3 is 4.42 Å². The van der Waals surface area contributed by atoms with Crippen LogP contribution in [0.5, 0.6) is 0 Å². The Bertz CT molecular complexity index is 1540. The van der Waals surface area contributed by atoms with Gasteiger partial charge in [0.25, 0.3) is 0 Å². The molecule has 0 N–H and O–H groups in total. The van der Waals surface area contributed by atoms with Gasteiger partial charge in [-0.1, -0.05) is 94.2 Å². The summed E-state index contributed by atoms with van der Waals surface area (Å²) >= 11 is 0. The van der Waals surface area contributed by atoms with E-state index in [4.69, 9.17) is 10.8 Å². The summed E-state index contributed by atoms with van der Waals surface area (Å²) in [5.41, 5.74) is 8.25. The van der Waals surface area contributed by atoms with Gasteiger partial charge in [0.05, 0.1) is 13.8 Å². The molecule has 0 spiro atoms. The van der Waals surface area contributed by atoms with Crippen molar-refractivity contribution in [1.29, 1.82) is 0 Å². The van der Waals surface area contributed by atoms with Crippen molar-refractivity contribution >= 4 is 24.2 Å². The number of hydrogen-bond donors (Lipinski definition) is 0. The summed E-state index contributed by atoms with van der Waals surface area (Å²) in [6, 6.07) is 27.2. The van der Waals surface area contributed by atoms with Gasteiger partial charge in [-0.2, -0.15) is 0 Å². The maximum atomic E-state index is 8.87. The summed E-state index contributed by atoms with van der Waals surface area (Å²) in [6.45, 7) is 13.0. The van der Waals surface area contributed by atoms with Crippen LogP contribution in [-0.4, -0.2) is 13.1 Å². The van der Waals surface area contributed by atoms with Crippen LogP contribution in [0.15, 0.2) is 89.5 Å². The van der Waals surface area contributed by atoms with Crippen molar-refractivity contribution in [2.75, 3.05) is 0 Å². The minimum absolute atomic E-state index is 0.703. The van der Waals surface area contributed by atoms with E-state index in [2.05, 4.69) is 81.2 Å². The van der Waals surface area contributed by atoms with E-state index in [1.54, 1.807) is 0 Å². The van der Waals surface area contributed by atoms with Crippen molar-refractivity contribution in [3.05, 3.63) is 96.2 Å². The number of fused-ring (bicyclic) bond motifs is 1. The van der Waals surface area contributed by atoms with E-state index in [0.717, 1.165) is 55.8 Å². The quantitative estimate of drug-likeness (QED) is 0.237. The molecule has 0 aliphatic carbocycles. The first kappa shape index (κ1) is 22.1. The lowest BCUT2D eigenvalue weighted by molar-refractivity contribution is 0.630. The number of rotatable bonds is 5. The molecular formula is C32H33NOSi. The molecule has 0 radical (unpaired) electrons. The van der Waals surface area contributed by atoms with Crippen LogP contribution >= 0.6 is 0 Å². The van der Waals surface area contributed by atoms with E-state index >= 15 is 0 Å². The van der Waals surface area contributed by atoms with Gasteiger partial charge in [-0.3, -0.25) is 4.98 Å². The van der Waals surface area contributed by atoms with Gasteiger partial charge in [-0.15, -0.1) is 0 Å². The Morgan fingerprint density at radius 2 is 1.46 bits per heavy atom. The molecule has 0 aliphatic heterocycles. The second-order valence-corrected chi connectivity index (χ2v) is 15.6. The highest BCUT2D eigenvalue weighted by atomic mass is 28.3. The van der Waals surface area contributed by atoms with E-state index in [1.165, 1.54) is 5.19 Å². The summed E-state index contributed by atoms with van der Waals surface area (Å²) in [4.78, 5) is 4.95.